The van der Waals surface area contributed by atoms with Crippen LogP contribution < -0.4 is 11.1 Å². The summed E-state index contributed by atoms with van der Waals surface area (Å²) in [5.74, 6) is -1.64. The van der Waals surface area contributed by atoms with Crippen LogP contribution in [0.4, 0.5) is 11.4 Å². The molecule has 0 unspecified atom stereocenters. The van der Waals surface area contributed by atoms with Crippen LogP contribution in [0.5, 0.6) is 0 Å². The third kappa shape index (κ3) is 4.79. The van der Waals surface area contributed by atoms with Gasteiger partial charge in [-0.15, -0.1) is 0 Å². The number of anilines is 2. The van der Waals surface area contributed by atoms with Gasteiger partial charge in [0.05, 0.1) is 0 Å². The molecule has 2 rings (SSSR count). The van der Waals surface area contributed by atoms with E-state index in [1.165, 1.54) is 0 Å². The lowest BCUT2D eigenvalue weighted by atomic mass is 10.0. The molecule has 1 amide bonds. The number of carbonyl (C=O) groups excluding carboxylic acids is 1. The molecule has 2 aromatic carbocycles. The molecule has 0 saturated heterocycles. The number of nitrogen functional groups attached to an aromatic ring is 1. The van der Waals surface area contributed by atoms with Crippen LogP contribution >= 0.6 is 0 Å². The lowest BCUT2D eigenvalue weighted by Gasteiger charge is -2.05. The first kappa shape index (κ1) is 15.3. The number of nitrogens with one attached hydrogen (secondary N) is 1. The highest BCUT2D eigenvalue weighted by atomic mass is 16.4. The van der Waals surface area contributed by atoms with Crippen molar-refractivity contribution in [2.45, 2.75) is 6.42 Å². The second kappa shape index (κ2) is 7.08. The molecule has 5 nitrogen and oxygen atoms in total. The van der Waals surface area contributed by atoms with E-state index in [4.69, 9.17) is 10.8 Å². The first-order valence-corrected chi connectivity index (χ1v) is 6.68. The van der Waals surface area contributed by atoms with Gasteiger partial charge in [0, 0.05) is 23.5 Å². The minimum absolute atomic E-state index is 0.478. The minimum Gasteiger partial charge on any atom is -0.478 e. The Labute approximate surface area is 128 Å². The van der Waals surface area contributed by atoms with Crippen molar-refractivity contribution in [3.63, 3.8) is 0 Å². The van der Waals surface area contributed by atoms with Crippen molar-refractivity contribution in [3.05, 3.63) is 71.8 Å². The number of hydrogen-bond donors (Lipinski definition) is 3. The molecule has 22 heavy (non-hydrogen) atoms. The van der Waals surface area contributed by atoms with Gasteiger partial charge in [-0.05, 0) is 41.8 Å². The number of carboxylic acid groups (broad SMARTS) is 1. The average molecular weight is 296 g/mol. The summed E-state index contributed by atoms with van der Waals surface area (Å²) in [6.45, 7) is 0. The number of amides is 1. The van der Waals surface area contributed by atoms with Crippen molar-refractivity contribution in [2.24, 2.45) is 0 Å². The summed E-state index contributed by atoms with van der Waals surface area (Å²) in [6, 6.07) is 15.0. The zero-order valence-electron chi connectivity index (χ0n) is 11.8. The molecule has 5 heteroatoms. The number of aliphatic carboxylic acids is 1. The summed E-state index contributed by atoms with van der Waals surface area (Å²) in [6.07, 6.45) is 2.54. The molecule has 0 spiro atoms. The SMILES string of the molecule is Nc1ccc(Cc2ccc(NC(=O)C=CC(=O)O)cc2)cc1. The minimum atomic E-state index is -1.16. The van der Waals surface area contributed by atoms with E-state index in [2.05, 4.69) is 5.32 Å². The Bertz CT molecular complexity index is 689. The highest BCUT2D eigenvalue weighted by Gasteiger charge is 2.00. The predicted molar refractivity (Wildman–Crippen MR) is 85.5 cm³/mol. The van der Waals surface area contributed by atoms with E-state index in [0.29, 0.717) is 5.69 Å². The second-order valence-corrected chi connectivity index (χ2v) is 4.78. The van der Waals surface area contributed by atoms with Gasteiger partial charge in [-0.25, -0.2) is 4.79 Å². The lowest BCUT2D eigenvalue weighted by molar-refractivity contribution is -0.131. The van der Waals surface area contributed by atoms with Crippen LogP contribution in [0.15, 0.2) is 60.7 Å². The first-order chi connectivity index (χ1) is 10.5. The fourth-order valence-electron chi connectivity index (χ4n) is 1.91. The van der Waals surface area contributed by atoms with Gasteiger partial charge in [0.1, 0.15) is 0 Å². The molecule has 0 atom stereocenters. The highest BCUT2D eigenvalue weighted by molar-refractivity contribution is 6.02. The third-order valence-electron chi connectivity index (χ3n) is 2.99. The number of benzene rings is 2. The molecule has 0 aliphatic carbocycles. The third-order valence-corrected chi connectivity index (χ3v) is 2.99. The molecule has 0 radical (unpaired) electrons. The number of nitrogens with two attached hydrogens (primary N) is 1. The number of carbonyl (C=O) groups is 2. The van der Waals surface area contributed by atoms with Crippen molar-refractivity contribution in [1.82, 2.24) is 0 Å². The second-order valence-electron chi connectivity index (χ2n) is 4.78. The fourth-order valence-corrected chi connectivity index (χ4v) is 1.91. The topological polar surface area (TPSA) is 92.4 Å². The van der Waals surface area contributed by atoms with E-state index >= 15 is 0 Å². The van der Waals surface area contributed by atoms with Gasteiger partial charge < -0.3 is 16.2 Å². The zero-order chi connectivity index (χ0) is 15.9. The maximum atomic E-state index is 11.5. The van der Waals surface area contributed by atoms with E-state index in [-0.39, 0.29) is 0 Å². The summed E-state index contributed by atoms with van der Waals surface area (Å²) in [5, 5.41) is 11.0. The Hall–Kier alpha value is -3.08. The Morgan fingerprint density at radius 1 is 0.955 bits per heavy atom. The van der Waals surface area contributed by atoms with Gasteiger partial charge in [-0.1, -0.05) is 24.3 Å². The van der Waals surface area contributed by atoms with Crippen LogP contribution in [0.3, 0.4) is 0 Å². The molecule has 0 saturated carbocycles. The van der Waals surface area contributed by atoms with E-state index in [0.717, 1.165) is 35.4 Å². The molecular formula is C17H16N2O3. The van der Waals surface area contributed by atoms with E-state index in [1.807, 2.05) is 36.4 Å². The van der Waals surface area contributed by atoms with Crippen molar-refractivity contribution in [1.29, 1.82) is 0 Å². The zero-order valence-corrected chi connectivity index (χ0v) is 11.8. The molecule has 4 N–H and O–H groups in total. The van der Waals surface area contributed by atoms with E-state index in [1.54, 1.807) is 12.1 Å². The maximum Gasteiger partial charge on any atom is 0.328 e. The van der Waals surface area contributed by atoms with Crippen LogP contribution in [0.2, 0.25) is 0 Å². The Balaban J connectivity index is 1.96. The number of carboxylic acids is 1. The average Bonchev–Trinajstić information content (AvgIpc) is 2.49. The van der Waals surface area contributed by atoms with Gasteiger partial charge in [0.25, 0.3) is 0 Å². The molecule has 112 valence electrons. The Morgan fingerprint density at radius 2 is 1.50 bits per heavy atom. The Kier molecular flexibility index (Phi) is 4.93. The summed E-state index contributed by atoms with van der Waals surface area (Å²) >= 11 is 0. The molecule has 0 bridgehead atoms. The van der Waals surface area contributed by atoms with Gasteiger partial charge in [-0.3, -0.25) is 4.79 Å². The van der Waals surface area contributed by atoms with Crippen LogP contribution in [0.25, 0.3) is 0 Å². The molecule has 0 fully saturated rings. The largest absolute Gasteiger partial charge is 0.478 e. The van der Waals surface area contributed by atoms with Crippen molar-refractivity contribution in [3.8, 4) is 0 Å². The molecular weight excluding hydrogens is 280 g/mol. The summed E-state index contributed by atoms with van der Waals surface area (Å²) in [4.78, 5) is 21.8. The summed E-state index contributed by atoms with van der Waals surface area (Å²) in [5.41, 5.74) is 9.24. The van der Waals surface area contributed by atoms with Crippen molar-refractivity contribution >= 4 is 23.3 Å². The monoisotopic (exact) mass is 296 g/mol. The van der Waals surface area contributed by atoms with Gasteiger partial charge in [0.15, 0.2) is 0 Å². The van der Waals surface area contributed by atoms with Gasteiger partial charge in [-0.2, -0.15) is 0 Å². The van der Waals surface area contributed by atoms with E-state index in [9.17, 15) is 9.59 Å². The maximum absolute atomic E-state index is 11.5. The van der Waals surface area contributed by atoms with Crippen LogP contribution in [0.1, 0.15) is 11.1 Å². The predicted octanol–water partition coefficient (Wildman–Crippen LogP) is 2.44. The number of hydrogen-bond acceptors (Lipinski definition) is 3. The highest BCUT2D eigenvalue weighted by Crippen LogP contribution is 2.14. The standard InChI is InChI=1S/C17H16N2O3/c18-14-5-1-12(2-6-14)11-13-3-7-15(8-4-13)19-16(20)9-10-17(21)22/h1-10H,11,18H2,(H,19,20)(H,21,22). The van der Waals surface area contributed by atoms with Crippen molar-refractivity contribution < 1.29 is 14.7 Å². The normalized spacial score (nSPS) is 10.5. The van der Waals surface area contributed by atoms with Crippen LogP contribution in [0, 0.1) is 0 Å². The van der Waals surface area contributed by atoms with Crippen molar-refractivity contribution in [2.75, 3.05) is 11.1 Å². The first-order valence-electron chi connectivity index (χ1n) is 6.68. The smallest absolute Gasteiger partial charge is 0.328 e. The molecule has 0 heterocycles. The Morgan fingerprint density at radius 3 is 2.05 bits per heavy atom. The quantitative estimate of drug-likeness (QED) is 0.583. The van der Waals surface area contributed by atoms with E-state index < -0.39 is 11.9 Å². The molecule has 0 aliphatic heterocycles. The number of rotatable bonds is 5. The van der Waals surface area contributed by atoms with Crippen LogP contribution in [-0.2, 0) is 16.0 Å². The fraction of sp³-hybridized carbons (Fsp3) is 0.0588. The molecule has 0 aliphatic rings. The van der Waals surface area contributed by atoms with Crippen LogP contribution in [-0.4, -0.2) is 17.0 Å². The van der Waals surface area contributed by atoms with Gasteiger partial charge in [0.2, 0.25) is 5.91 Å². The summed E-state index contributed by atoms with van der Waals surface area (Å²) < 4.78 is 0. The lowest BCUT2D eigenvalue weighted by Crippen LogP contribution is -2.08. The summed E-state index contributed by atoms with van der Waals surface area (Å²) in [7, 11) is 0. The molecule has 0 aromatic heterocycles. The molecule has 2 aromatic rings. The van der Waals surface area contributed by atoms with Gasteiger partial charge >= 0.3 is 5.97 Å².